The average molecular weight is 338 g/mol. The number of carbonyl (C=O) groups is 2. The number of nitrogens with one attached hydrogen (secondary N) is 1. The Hall–Kier alpha value is -2.82. The van der Waals surface area contributed by atoms with Crippen LogP contribution in [0, 0.1) is 0 Å². The van der Waals surface area contributed by atoms with Gasteiger partial charge in [-0.05, 0) is 41.8 Å². The van der Waals surface area contributed by atoms with Crippen molar-refractivity contribution in [2.24, 2.45) is 0 Å². The molecular formula is C20H22N2O3. The van der Waals surface area contributed by atoms with Crippen molar-refractivity contribution in [3.63, 3.8) is 0 Å². The molecule has 0 spiro atoms. The van der Waals surface area contributed by atoms with Gasteiger partial charge in [0, 0.05) is 25.2 Å². The molecule has 2 aromatic carbocycles. The standard InChI is InChI=1S/C20H22N2O3/c1-25-18-5-2-4-16(12-18)14-21-19(23)13-15-7-9-17(10-8-15)22-11-3-6-20(22)24/h2,4-5,7-10,12H,3,6,11,13-14H2,1H3,(H,21,23). The van der Waals surface area contributed by atoms with E-state index in [1.54, 1.807) is 12.0 Å². The van der Waals surface area contributed by atoms with Crippen LogP contribution in [-0.2, 0) is 22.6 Å². The summed E-state index contributed by atoms with van der Waals surface area (Å²) in [6, 6.07) is 15.3. The van der Waals surface area contributed by atoms with Gasteiger partial charge in [0.25, 0.3) is 0 Å². The summed E-state index contributed by atoms with van der Waals surface area (Å²) in [6.45, 7) is 1.25. The highest BCUT2D eigenvalue weighted by molar-refractivity contribution is 5.95. The van der Waals surface area contributed by atoms with Crippen LogP contribution in [0.2, 0.25) is 0 Å². The molecule has 0 radical (unpaired) electrons. The molecule has 2 amide bonds. The molecule has 5 heteroatoms. The van der Waals surface area contributed by atoms with Gasteiger partial charge < -0.3 is 15.0 Å². The number of anilines is 1. The molecule has 0 saturated carbocycles. The third-order valence-electron chi connectivity index (χ3n) is 4.31. The maximum atomic E-state index is 12.1. The summed E-state index contributed by atoms with van der Waals surface area (Å²) >= 11 is 0. The molecule has 1 fully saturated rings. The van der Waals surface area contributed by atoms with Gasteiger partial charge in [0.05, 0.1) is 13.5 Å². The zero-order valence-corrected chi connectivity index (χ0v) is 14.3. The lowest BCUT2D eigenvalue weighted by Crippen LogP contribution is -2.25. The van der Waals surface area contributed by atoms with Gasteiger partial charge in [-0.2, -0.15) is 0 Å². The maximum absolute atomic E-state index is 12.1. The minimum atomic E-state index is -0.0344. The normalized spacial score (nSPS) is 13.8. The van der Waals surface area contributed by atoms with Crippen molar-refractivity contribution in [3.05, 3.63) is 59.7 Å². The summed E-state index contributed by atoms with van der Waals surface area (Å²) in [5.74, 6) is 0.912. The van der Waals surface area contributed by atoms with Crippen molar-refractivity contribution in [2.75, 3.05) is 18.6 Å². The second-order valence-electron chi connectivity index (χ2n) is 6.12. The van der Waals surface area contributed by atoms with E-state index in [-0.39, 0.29) is 11.8 Å². The van der Waals surface area contributed by atoms with Gasteiger partial charge in [-0.1, -0.05) is 24.3 Å². The van der Waals surface area contributed by atoms with Crippen LogP contribution < -0.4 is 15.0 Å². The van der Waals surface area contributed by atoms with Crippen LogP contribution >= 0.6 is 0 Å². The summed E-state index contributed by atoms with van der Waals surface area (Å²) in [5, 5.41) is 2.92. The third-order valence-corrected chi connectivity index (χ3v) is 4.31. The van der Waals surface area contributed by atoms with E-state index in [0.717, 1.165) is 35.5 Å². The number of methoxy groups -OCH3 is 1. The Bertz CT molecular complexity index is 756. The molecule has 1 heterocycles. The predicted molar refractivity (Wildman–Crippen MR) is 96.6 cm³/mol. The Morgan fingerprint density at radius 2 is 1.96 bits per heavy atom. The molecule has 1 N–H and O–H groups in total. The molecule has 0 unspecified atom stereocenters. The fourth-order valence-electron chi connectivity index (χ4n) is 2.95. The molecule has 0 bridgehead atoms. The van der Waals surface area contributed by atoms with E-state index >= 15 is 0 Å². The lowest BCUT2D eigenvalue weighted by molar-refractivity contribution is -0.120. The van der Waals surface area contributed by atoms with Crippen LogP contribution in [0.5, 0.6) is 5.75 Å². The van der Waals surface area contributed by atoms with Gasteiger partial charge in [-0.15, -0.1) is 0 Å². The number of hydrogen-bond donors (Lipinski definition) is 1. The van der Waals surface area contributed by atoms with Gasteiger partial charge in [-0.3, -0.25) is 9.59 Å². The molecule has 3 rings (SSSR count). The van der Waals surface area contributed by atoms with Crippen LogP contribution in [0.25, 0.3) is 0 Å². The van der Waals surface area contributed by atoms with Crippen LogP contribution in [0.15, 0.2) is 48.5 Å². The monoisotopic (exact) mass is 338 g/mol. The Morgan fingerprint density at radius 1 is 1.16 bits per heavy atom. The number of amides is 2. The number of carbonyl (C=O) groups excluding carboxylic acids is 2. The number of ether oxygens (including phenoxy) is 1. The first-order valence-electron chi connectivity index (χ1n) is 8.44. The lowest BCUT2D eigenvalue weighted by Gasteiger charge is -2.15. The molecule has 1 saturated heterocycles. The molecule has 5 nitrogen and oxygen atoms in total. The first-order chi connectivity index (χ1) is 12.2. The zero-order valence-electron chi connectivity index (χ0n) is 14.3. The second kappa shape index (κ2) is 7.83. The predicted octanol–water partition coefficient (Wildman–Crippen LogP) is 2.68. The van der Waals surface area contributed by atoms with Crippen LogP contribution in [0.4, 0.5) is 5.69 Å². The highest BCUT2D eigenvalue weighted by Crippen LogP contribution is 2.21. The highest BCUT2D eigenvalue weighted by atomic mass is 16.5. The number of nitrogens with zero attached hydrogens (tertiary/aromatic N) is 1. The maximum Gasteiger partial charge on any atom is 0.227 e. The van der Waals surface area contributed by atoms with Crippen molar-refractivity contribution in [1.82, 2.24) is 5.32 Å². The summed E-state index contributed by atoms with van der Waals surface area (Å²) in [6.07, 6.45) is 1.85. The summed E-state index contributed by atoms with van der Waals surface area (Å²) in [5.41, 5.74) is 2.83. The van der Waals surface area contributed by atoms with Crippen molar-refractivity contribution in [2.45, 2.75) is 25.8 Å². The van der Waals surface area contributed by atoms with E-state index in [2.05, 4.69) is 5.32 Å². The Kier molecular flexibility index (Phi) is 5.33. The third kappa shape index (κ3) is 4.38. The van der Waals surface area contributed by atoms with Crippen LogP contribution in [0.1, 0.15) is 24.0 Å². The van der Waals surface area contributed by atoms with Crippen molar-refractivity contribution >= 4 is 17.5 Å². The smallest absolute Gasteiger partial charge is 0.227 e. The van der Waals surface area contributed by atoms with E-state index in [1.807, 2.05) is 48.5 Å². The molecule has 0 atom stereocenters. The van der Waals surface area contributed by atoms with Gasteiger partial charge in [0.1, 0.15) is 5.75 Å². The topological polar surface area (TPSA) is 58.6 Å². The molecule has 2 aromatic rings. The molecular weight excluding hydrogens is 316 g/mol. The SMILES string of the molecule is COc1cccc(CNC(=O)Cc2ccc(N3CCCC3=O)cc2)c1. The van der Waals surface area contributed by atoms with Gasteiger partial charge in [-0.25, -0.2) is 0 Å². The second-order valence-corrected chi connectivity index (χ2v) is 6.12. The number of hydrogen-bond acceptors (Lipinski definition) is 3. The van der Waals surface area contributed by atoms with Crippen molar-refractivity contribution in [3.8, 4) is 5.75 Å². The van der Waals surface area contributed by atoms with E-state index < -0.39 is 0 Å². The van der Waals surface area contributed by atoms with E-state index in [9.17, 15) is 9.59 Å². The quantitative estimate of drug-likeness (QED) is 0.881. The van der Waals surface area contributed by atoms with Gasteiger partial charge in [0.15, 0.2) is 0 Å². The number of rotatable bonds is 6. The summed E-state index contributed by atoms with van der Waals surface area (Å²) < 4.78 is 5.18. The average Bonchev–Trinajstić information content (AvgIpc) is 3.07. The molecule has 25 heavy (non-hydrogen) atoms. The molecule has 1 aliphatic rings. The summed E-state index contributed by atoms with van der Waals surface area (Å²) in [4.78, 5) is 25.7. The largest absolute Gasteiger partial charge is 0.497 e. The highest BCUT2D eigenvalue weighted by Gasteiger charge is 2.21. The van der Waals surface area contributed by atoms with Crippen LogP contribution in [-0.4, -0.2) is 25.5 Å². The van der Waals surface area contributed by atoms with E-state index in [0.29, 0.717) is 19.4 Å². The van der Waals surface area contributed by atoms with Gasteiger partial charge in [0.2, 0.25) is 11.8 Å². The molecule has 0 aliphatic carbocycles. The zero-order chi connectivity index (χ0) is 17.6. The fraction of sp³-hybridized carbons (Fsp3) is 0.300. The Labute approximate surface area is 147 Å². The minimum absolute atomic E-state index is 0.0344. The van der Waals surface area contributed by atoms with Gasteiger partial charge >= 0.3 is 0 Å². The van der Waals surface area contributed by atoms with Crippen molar-refractivity contribution < 1.29 is 14.3 Å². The number of benzene rings is 2. The summed E-state index contributed by atoms with van der Waals surface area (Å²) in [7, 11) is 1.62. The first-order valence-corrected chi connectivity index (χ1v) is 8.44. The Balaban J connectivity index is 1.53. The molecule has 0 aromatic heterocycles. The Morgan fingerprint density at radius 3 is 2.64 bits per heavy atom. The minimum Gasteiger partial charge on any atom is -0.497 e. The lowest BCUT2D eigenvalue weighted by atomic mass is 10.1. The van der Waals surface area contributed by atoms with E-state index in [1.165, 1.54) is 0 Å². The van der Waals surface area contributed by atoms with E-state index in [4.69, 9.17) is 4.74 Å². The first kappa shape index (κ1) is 17.0. The van der Waals surface area contributed by atoms with Crippen molar-refractivity contribution in [1.29, 1.82) is 0 Å². The van der Waals surface area contributed by atoms with Crippen LogP contribution in [0.3, 0.4) is 0 Å². The fourth-order valence-corrected chi connectivity index (χ4v) is 2.95. The molecule has 1 aliphatic heterocycles. The molecule has 130 valence electrons.